The molecule has 1 aliphatic carbocycles. The summed E-state index contributed by atoms with van der Waals surface area (Å²) >= 11 is 6.01. The van der Waals surface area contributed by atoms with Crippen LogP contribution in [-0.4, -0.2) is 9.55 Å². The smallest absolute Gasteiger partial charge is 0.0986 e. The summed E-state index contributed by atoms with van der Waals surface area (Å²) in [6.45, 7) is 0. The molecular weight excluding hydrogens is 268 g/mol. The Morgan fingerprint density at radius 1 is 1.15 bits per heavy atom. The highest BCUT2D eigenvalue weighted by atomic mass is 35.5. The number of hydrogen-bond donors (Lipinski definition) is 0. The highest BCUT2D eigenvalue weighted by molar-refractivity contribution is 6.30. The van der Waals surface area contributed by atoms with Gasteiger partial charge in [0.25, 0.3) is 0 Å². The van der Waals surface area contributed by atoms with Gasteiger partial charge in [0.15, 0.2) is 0 Å². The summed E-state index contributed by atoms with van der Waals surface area (Å²) in [5.74, 6) is 0.646. The Morgan fingerprint density at radius 2 is 1.90 bits per heavy atom. The molecule has 0 N–H and O–H groups in total. The predicted octanol–water partition coefficient (Wildman–Crippen LogP) is 5.11. The Morgan fingerprint density at radius 3 is 2.55 bits per heavy atom. The minimum Gasteiger partial charge on any atom is -0.313 e. The zero-order valence-electron chi connectivity index (χ0n) is 11.5. The van der Waals surface area contributed by atoms with Crippen molar-refractivity contribution in [3.63, 3.8) is 0 Å². The van der Waals surface area contributed by atoms with Crippen LogP contribution >= 0.6 is 11.6 Å². The van der Waals surface area contributed by atoms with E-state index in [0.29, 0.717) is 5.92 Å². The van der Waals surface area contributed by atoms with Crippen LogP contribution in [-0.2, 0) is 0 Å². The minimum atomic E-state index is 0.646. The molecule has 0 spiro atoms. The van der Waals surface area contributed by atoms with Crippen molar-refractivity contribution < 1.29 is 0 Å². The summed E-state index contributed by atoms with van der Waals surface area (Å²) in [5, 5.41) is 0.791. The maximum atomic E-state index is 6.01. The first kappa shape index (κ1) is 13.4. The molecule has 104 valence electrons. The fraction of sp³-hybridized carbons (Fsp3) is 0.353. The molecule has 1 saturated carbocycles. The van der Waals surface area contributed by atoms with Crippen LogP contribution in [0.5, 0.6) is 0 Å². The highest BCUT2D eigenvalue weighted by Crippen LogP contribution is 2.36. The van der Waals surface area contributed by atoms with Crippen molar-refractivity contribution in [2.45, 2.75) is 32.1 Å². The van der Waals surface area contributed by atoms with E-state index in [4.69, 9.17) is 11.6 Å². The third kappa shape index (κ3) is 3.13. The van der Waals surface area contributed by atoms with Crippen molar-refractivity contribution in [3.05, 3.63) is 53.6 Å². The normalized spacial score (nSPS) is 17.4. The largest absolute Gasteiger partial charge is 0.313 e. The SMILES string of the molecule is Clc1ccc(/C(=C/n2ccnc2)C2CCCCC2)cc1. The van der Waals surface area contributed by atoms with Gasteiger partial charge in [-0.3, -0.25) is 0 Å². The van der Waals surface area contributed by atoms with Gasteiger partial charge in [0, 0.05) is 23.6 Å². The molecule has 0 atom stereocenters. The average molecular weight is 287 g/mol. The number of imidazole rings is 1. The zero-order chi connectivity index (χ0) is 13.8. The van der Waals surface area contributed by atoms with Gasteiger partial charge in [-0.15, -0.1) is 0 Å². The quantitative estimate of drug-likeness (QED) is 0.766. The molecule has 0 bridgehead atoms. The standard InChI is InChI=1S/C17H19ClN2/c18-16-8-6-15(7-9-16)17(12-20-11-10-19-13-20)14-4-2-1-3-5-14/h6-14H,1-5H2/b17-12+. The maximum Gasteiger partial charge on any atom is 0.0986 e. The molecule has 3 rings (SSSR count). The molecule has 1 aromatic heterocycles. The van der Waals surface area contributed by atoms with E-state index in [1.807, 2.05) is 35.4 Å². The second-order valence-corrected chi connectivity index (χ2v) is 5.87. The lowest BCUT2D eigenvalue weighted by atomic mass is 9.81. The van der Waals surface area contributed by atoms with Gasteiger partial charge in [0.1, 0.15) is 0 Å². The van der Waals surface area contributed by atoms with E-state index in [-0.39, 0.29) is 0 Å². The van der Waals surface area contributed by atoms with Crippen molar-refractivity contribution in [3.8, 4) is 0 Å². The molecule has 1 heterocycles. The van der Waals surface area contributed by atoms with Gasteiger partial charge in [-0.1, -0.05) is 43.0 Å². The highest BCUT2D eigenvalue weighted by Gasteiger charge is 2.19. The molecule has 2 nitrogen and oxygen atoms in total. The Labute approximate surface area is 125 Å². The second kappa shape index (κ2) is 6.27. The number of hydrogen-bond acceptors (Lipinski definition) is 1. The molecule has 0 amide bonds. The van der Waals surface area contributed by atoms with E-state index < -0.39 is 0 Å². The van der Waals surface area contributed by atoms with Crippen molar-refractivity contribution in [2.75, 3.05) is 0 Å². The molecule has 3 heteroatoms. The Bertz CT molecular complexity index is 564. The summed E-state index contributed by atoms with van der Waals surface area (Å²) in [5.41, 5.74) is 2.68. The van der Waals surface area contributed by atoms with Gasteiger partial charge in [0.2, 0.25) is 0 Å². The molecule has 0 radical (unpaired) electrons. The summed E-state index contributed by atoms with van der Waals surface area (Å²) < 4.78 is 2.04. The molecule has 0 aliphatic heterocycles. The number of aromatic nitrogens is 2. The van der Waals surface area contributed by atoms with Crippen molar-refractivity contribution in [1.29, 1.82) is 0 Å². The van der Waals surface area contributed by atoms with Crippen molar-refractivity contribution >= 4 is 23.4 Å². The number of benzene rings is 1. The molecular formula is C17H19ClN2. The summed E-state index contributed by atoms with van der Waals surface area (Å²) in [6, 6.07) is 8.20. The van der Waals surface area contributed by atoms with Crippen LogP contribution in [0.1, 0.15) is 37.7 Å². The predicted molar refractivity (Wildman–Crippen MR) is 84.4 cm³/mol. The molecule has 1 aliphatic rings. The van der Waals surface area contributed by atoms with Crippen LogP contribution in [0.4, 0.5) is 0 Å². The first-order valence-corrected chi connectivity index (χ1v) is 7.66. The third-order valence-corrected chi connectivity index (χ3v) is 4.29. The van der Waals surface area contributed by atoms with E-state index in [9.17, 15) is 0 Å². The number of rotatable bonds is 3. The lowest BCUT2D eigenvalue weighted by Crippen LogP contribution is -2.09. The van der Waals surface area contributed by atoms with E-state index in [2.05, 4.69) is 23.3 Å². The van der Waals surface area contributed by atoms with E-state index in [1.54, 1.807) is 0 Å². The lowest BCUT2D eigenvalue weighted by molar-refractivity contribution is 0.430. The van der Waals surface area contributed by atoms with Crippen LogP contribution in [0.15, 0.2) is 43.0 Å². The van der Waals surface area contributed by atoms with Crippen LogP contribution in [0.25, 0.3) is 11.8 Å². The topological polar surface area (TPSA) is 17.8 Å². The molecule has 0 unspecified atom stereocenters. The Kier molecular flexibility index (Phi) is 4.22. The molecule has 0 saturated heterocycles. The van der Waals surface area contributed by atoms with Gasteiger partial charge in [-0.05, 0) is 42.0 Å². The van der Waals surface area contributed by atoms with Crippen LogP contribution in [0, 0.1) is 5.92 Å². The average Bonchev–Trinajstić information content (AvgIpc) is 3.00. The molecule has 1 fully saturated rings. The van der Waals surface area contributed by atoms with Gasteiger partial charge in [-0.25, -0.2) is 4.98 Å². The van der Waals surface area contributed by atoms with Crippen LogP contribution in [0.3, 0.4) is 0 Å². The van der Waals surface area contributed by atoms with E-state index in [1.165, 1.54) is 43.2 Å². The first-order chi connectivity index (χ1) is 9.83. The molecule has 1 aromatic carbocycles. The van der Waals surface area contributed by atoms with Gasteiger partial charge in [0.05, 0.1) is 6.33 Å². The van der Waals surface area contributed by atoms with E-state index >= 15 is 0 Å². The van der Waals surface area contributed by atoms with Gasteiger partial charge < -0.3 is 4.57 Å². The fourth-order valence-electron chi connectivity index (χ4n) is 2.98. The number of allylic oxidation sites excluding steroid dienone is 1. The summed E-state index contributed by atoms with van der Waals surface area (Å²) in [4.78, 5) is 4.13. The Balaban J connectivity index is 1.96. The van der Waals surface area contributed by atoms with Crippen molar-refractivity contribution in [1.82, 2.24) is 9.55 Å². The monoisotopic (exact) mass is 286 g/mol. The third-order valence-electron chi connectivity index (χ3n) is 4.04. The van der Waals surface area contributed by atoms with Gasteiger partial charge >= 0.3 is 0 Å². The second-order valence-electron chi connectivity index (χ2n) is 5.44. The zero-order valence-corrected chi connectivity index (χ0v) is 12.3. The molecule has 20 heavy (non-hydrogen) atoms. The lowest BCUT2D eigenvalue weighted by Gasteiger charge is -2.25. The fourth-order valence-corrected chi connectivity index (χ4v) is 3.10. The van der Waals surface area contributed by atoms with Crippen LogP contribution in [0.2, 0.25) is 5.02 Å². The molecule has 2 aromatic rings. The van der Waals surface area contributed by atoms with Crippen molar-refractivity contribution in [2.24, 2.45) is 5.92 Å². The van der Waals surface area contributed by atoms with Gasteiger partial charge in [-0.2, -0.15) is 0 Å². The maximum absolute atomic E-state index is 6.01. The van der Waals surface area contributed by atoms with Crippen LogP contribution < -0.4 is 0 Å². The van der Waals surface area contributed by atoms with E-state index in [0.717, 1.165) is 5.02 Å². The number of halogens is 1. The summed E-state index contributed by atoms with van der Waals surface area (Å²) in [6.07, 6.45) is 14.5. The summed E-state index contributed by atoms with van der Waals surface area (Å²) in [7, 11) is 0. The minimum absolute atomic E-state index is 0.646. The number of nitrogens with zero attached hydrogens (tertiary/aromatic N) is 2. The Hall–Kier alpha value is -1.54. The first-order valence-electron chi connectivity index (χ1n) is 7.28.